The first-order valence-electron chi connectivity index (χ1n) is 8.34. The third-order valence-corrected chi connectivity index (χ3v) is 5.88. The van der Waals surface area contributed by atoms with Crippen molar-refractivity contribution < 1.29 is 35.8 Å². The number of carboxylic acids is 1. The molecule has 1 aromatic heterocycles. The molecule has 3 aromatic rings. The zero-order valence-corrected chi connectivity index (χ0v) is 17.3. The van der Waals surface area contributed by atoms with Gasteiger partial charge < -0.3 is 10.8 Å². The third kappa shape index (κ3) is 4.57. The molecule has 0 amide bonds. The van der Waals surface area contributed by atoms with Crippen molar-refractivity contribution in [1.82, 2.24) is 9.78 Å². The van der Waals surface area contributed by atoms with Crippen LogP contribution in [-0.2, 0) is 20.2 Å². The zero-order valence-electron chi connectivity index (χ0n) is 15.7. The highest BCUT2D eigenvalue weighted by atomic mass is 32.2. The maximum Gasteiger partial charge on any atom is 0.356 e. The lowest BCUT2D eigenvalue weighted by Crippen LogP contribution is -2.22. The normalized spacial score (nSPS) is 11.8. The van der Waals surface area contributed by atoms with E-state index >= 15 is 0 Å². The lowest BCUT2D eigenvalue weighted by Gasteiger charge is -2.12. The van der Waals surface area contributed by atoms with Gasteiger partial charge in [0.05, 0.1) is 16.3 Å². The number of aromatic carboxylic acids is 1. The van der Waals surface area contributed by atoms with Crippen molar-refractivity contribution in [1.29, 1.82) is 0 Å². The van der Waals surface area contributed by atoms with Crippen molar-refractivity contribution in [3.63, 3.8) is 0 Å². The molecule has 0 aliphatic carbocycles. The van der Waals surface area contributed by atoms with Crippen LogP contribution in [0.1, 0.15) is 10.5 Å². The van der Waals surface area contributed by atoms with Crippen molar-refractivity contribution in [2.24, 2.45) is 0 Å². The minimum absolute atomic E-state index is 0.0283. The van der Waals surface area contributed by atoms with Crippen molar-refractivity contribution >= 4 is 43.3 Å². The van der Waals surface area contributed by atoms with Crippen molar-refractivity contribution in [2.45, 2.75) is 9.79 Å². The highest BCUT2D eigenvalue weighted by Crippen LogP contribution is 2.24. The van der Waals surface area contributed by atoms with Crippen molar-refractivity contribution in [3.8, 4) is 5.69 Å². The third-order valence-electron chi connectivity index (χ3n) is 4.10. The number of carbonyl (C=O) groups is 1. The maximum absolute atomic E-state index is 12.8. The van der Waals surface area contributed by atoms with Crippen LogP contribution >= 0.6 is 0 Å². The summed E-state index contributed by atoms with van der Waals surface area (Å²) in [4.78, 5) is 23.3. The molecule has 0 aliphatic rings. The predicted octanol–water partition coefficient (Wildman–Crippen LogP) is 0.378. The number of hydrogen-bond donors (Lipinski definition) is 7. The van der Waals surface area contributed by atoms with E-state index in [-0.39, 0.29) is 17.1 Å². The van der Waals surface area contributed by atoms with Crippen LogP contribution in [0.3, 0.4) is 0 Å². The van der Waals surface area contributed by atoms with Crippen LogP contribution in [-0.4, -0.2) is 46.8 Å². The van der Waals surface area contributed by atoms with Gasteiger partial charge in [0.2, 0.25) is 0 Å². The van der Waals surface area contributed by atoms with Crippen molar-refractivity contribution in [3.05, 3.63) is 58.5 Å². The van der Waals surface area contributed by atoms with Crippen molar-refractivity contribution in [2.75, 3.05) is 16.6 Å². The summed E-state index contributed by atoms with van der Waals surface area (Å²) >= 11 is 0. The van der Waals surface area contributed by atoms with E-state index in [1.54, 1.807) is 0 Å². The standard InChI is InChI=1S/C16H15N5O9S2/c17-8-1-6-12(32(28,29)30)11(7-8)18-19-13-14(16(23)24)20-21(15(13)22)9-2-4-10(5-3-9)31(25,26)27/h1-7,18-20H,17H2,(H,23,24)(H,25,26,27)(H,28,29,30). The number of hydrogen-bond acceptors (Lipinski definition) is 9. The quantitative estimate of drug-likeness (QED) is 0.137. The monoisotopic (exact) mass is 485 g/mol. The maximum atomic E-state index is 12.8. The number of rotatable bonds is 7. The average molecular weight is 485 g/mol. The van der Waals surface area contributed by atoms with Crippen LogP contribution in [0.2, 0.25) is 0 Å². The van der Waals surface area contributed by atoms with E-state index in [9.17, 15) is 36.1 Å². The van der Waals surface area contributed by atoms with E-state index in [2.05, 4.69) is 16.0 Å². The summed E-state index contributed by atoms with van der Waals surface area (Å²) in [6.07, 6.45) is 0. The molecule has 0 saturated carbocycles. The van der Waals surface area contributed by atoms with Gasteiger partial charge in [-0.25, -0.2) is 9.48 Å². The Kier molecular flexibility index (Phi) is 5.71. The summed E-state index contributed by atoms with van der Waals surface area (Å²) in [5.74, 6) is -1.55. The number of aromatic nitrogens is 2. The number of hydrazine groups is 1. The minimum atomic E-state index is -4.68. The summed E-state index contributed by atoms with van der Waals surface area (Å²) in [5.41, 5.74) is 7.97. The summed E-state index contributed by atoms with van der Waals surface area (Å²) in [5, 5.41) is 11.7. The molecule has 14 nitrogen and oxygen atoms in total. The molecule has 8 N–H and O–H groups in total. The molecule has 170 valence electrons. The SMILES string of the molecule is Nc1ccc(S(=O)(=O)O)c(NNc2c(C(=O)O)[nH]n(-c3ccc(S(=O)(=O)O)cc3)c2=O)c1. The molecule has 0 atom stereocenters. The highest BCUT2D eigenvalue weighted by Gasteiger charge is 2.22. The number of nitrogen functional groups attached to an aromatic ring is 1. The van der Waals surface area contributed by atoms with Gasteiger partial charge in [-0.1, -0.05) is 0 Å². The Hall–Kier alpha value is -3.86. The molecular weight excluding hydrogens is 470 g/mol. The largest absolute Gasteiger partial charge is 0.476 e. The Labute approximate surface area is 179 Å². The molecule has 0 radical (unpaired) electrons. The fourth-order valence-corrected chi connectivity index (χ4v) is 3.76. The summed E-state index contributed by atoms with van der Waals surface area (Å²) in [6.45, 7) is 0. The van der Waals surface area contributed by atoms with Gasteiger partial charge in [0.25, 0.3) is 25.8 Å². The number of nitrogens with zero attached hydrogens (tertiary/aromatic N) is 1. The molecule has 2 aromatic carbocycles. The van der Waals surface area contributed by atoms with Gasteiger partial charge in [-0.15, -0.1) is 0 Å². The van der Waals surface area contributed by atoms with E-state index in [0.29, 0.717) is 0 Å². The van der Waals surface area contributed by atoms with E-state index in [1.807, 2.05) is 0 Å². The fraction of sp³-hybridized carbons (Fsp3) is 0. The van der Waals surface area contributed by atoms with Crippen LogP contribution in [0.5, 0.6) is 0 Å². The van der Waals surface area contributed by atoms with Crippen LogP contribution in [0.4, 0.5) is 17.1 Å². The van der Waals surface area contributed by atoms with Crippen LogP contribution in [0.15, 0.2) is 57.1 Å². The Morgan fingerprint density at radius 3 is 2.12 bits per heavy atom. The molecule has 32 heavy (non-hydrogen) atoms. The molecule has 0 saturated heterocycles. The predicted molar refractivity (Wildman–Crippen MR) is 111 cm³/mol. The molecule has 16 heteroatoms. The first kappa shape index (κ1) is 22.8. The topological polar surface area (TPSA) is 234 Å². The number of anilines is 3. The van der Waals surface area contributed by atoms with Gasteiger partial charge in [0, 0.05) is 5.69 Å². The minimum Gasteiger partial charge on any atom is -0.476 e. The first-order chi connectivity index (χ1) is 14.8. The van der Waals surface area contributed by atoms with E-state index in [0.717, 1.165) is 41.1 Å². The molecule has 0 spiro atoms. The van der Waals surface area contributed by atoms with Gasteiger partial charge >= 0.3 is 5.97 Å². The fourth-order valence-electron chi connectivity index (χ4n) is 2.66. The number of benzene rings is 2. The average Bonchev–Trinajstić information content (AvgIpc) is 3.01. The van der Waals surface area contributed by atoms with Gasteiger partial charge in [-0.3, -0.25) is 29.9 Å². The summed E-state index contributed by atoms with van der Waals surface area (Å²) in [7, 11) is -9.16. The lowest BCUT2D eigenvalue weighted by atomic mass is 10.3. The van der Waals surface area contributed by atoms with Gasteiger partial charge in [-0.05, 0) is 42.5 Å². The molecule has 3 rings (SSSR count). The number of nitrogens with one attached hydrogen (secondary N) is 3. The molecule has 0 aliphatic heterocycles. The molecular formula is C16H15N5O9S2. The summed E-state index contributed by atoms with van der Waals surface area (Å²) in [6, 6.07) is 7.59. The molecule has 1 heterocycles. The molecule has 0 fully saturated rings. The van der Waals surface area contributed by atoms with E-state index < -0.39 is 52.9 Å². The highest BCUT2D eigenvalue weighted by molar-refractivity contribution is 7.86. The second kappa shape index (κ2) is 8.00. The van der Waals surface area contributed by atoms with Gasteiger partial charge in [0.15, 0.2) is 11.4 Å². The Bertz CT molecular complexity index is 1470. The lowest BCUT2D eigenvalue weighted by molar-refractivity contribution is 0.0691. The number of aromatic amines is 1. The number of H-pyrrole nitrogens is 1. The second-order valence-corrected chi connectivity index (χ2v) is 9.07. The Morgan fingerprint density at radius 1 is 0.969 bits per heavy atom. The first-order valence-corrected chi connectivity index (χ1v) is 11.2. The van der Waals surface area contributed by atoms with Gasteiger partial charge in [0.1, 0.15) is 4.90 Å². The Morgan fingerprint density at radius 2 is 1.59 bits per heavy atom. The second-order valence-electron chi connectivity index (χ2n) is 6.26. The number of nitrogens with two attached hydrogens (primary N) is 1. The zero-order chi connectivity index (χ0) is 23.8. The van der Waals surface area contributed by atoms with Crippen LogP contribution < -0.4 is 22.1 Å². The molecule has 0 bridgehead atoms. The van der Waals surface area contributed by atoms with E-state index in [4.69, 9.17) is 10.3 Å². The van der Waals surface area contributed by atoms with Crippen LogP contribution in [0, 0.1) is 0 Å². The molecule has 0 unspecified atom stereocenters. The number of carboxylic acid groups (broad SMARTS) is 1. The van der Waals surface area contributed by atoms with Gasteiger partial charge in [-0.2, -0.15) is 16.8 Å². The van der Waals surface area contributed by atoms with Crippen LogP contribution in [0.25, 0.3) is 5.69 Å². The smallest absolute Gasteiger partial charge is 0.356 e. The Balaban J connectivity index is 2.03. The van der Waals surface area contributed by atoms with E-state index in [1.165, 1.54) is 6.07 Å². The summed E-state index contributed by atoms with van der Waals surface area (Å²) < 4.78 is 64.5.